The van der Waals surface area contributed by atoms with Crippen molar-refractivity contribution < 1.29 is 37.1 Å². The zero-order valence-electron chi connectivity index (χ0n) is 21.1. The average molecular weight is 590 g/mol. The maximum atomic E-state index is 13.4. The molecule has 1 aliphatic rings. The number of halogens is 5. The highest BCUT2D eigenvalue weighted by molar-refractivity contribution is 6.30. The van der Waals surface area contributed by atoms with Gasteiger partial charge in [0.25, 0.3) is 11.8 Å². The first-order chi connectivity index (χ1) is 19.3. The SMILES string of the molecule is Cc1c(C(=O)O)ccc2c1CC[C@@H]2NC(=O)c1cc(C(=O)NCc2ccc(F)c(Cl)c2)nc2cc(C(F)(F)F)nn12. The molecule has 41 heavy (non-hydrogen) atoms. The number of fused-ring (bicyclic) bond motifs is 2. The van der Waals surface area contributed by atoms with Crippen molar-refractivity contribution in [2.75, 3.05) is 0 Å². The second-order valence-corrected chi connectivity index (χ2v) is 9.84. The van der Waals surface area contributed by atoms with Gasteiger partial charge in [-0.1, -0.05) is 23.7 Å². The Hall–Kier alpha value is -4.52. The van der Waals surface area contributed by atoms with Crippen LogP contribution in [0.4, 0.5) is 17.6 Å². The number of rotatable bonds is 6. The second kappa shape index (κ2) is 10.5. The number of alkyl halides is 3. The molecular formula is C27H20ClF4N5O4. The molecule has 5 rings (SSSR count). The lowest BCUT2D eigenvalue weighted by atomic mass is 9.98. The molecule has 212 valence electrons. The number of carbonyl (C=O) groups is 3. The number of amides is 2. The van der Waals surface area contributed by atoms with E-state index in [9.17, 15) is 37.1 Å². The number of hydrogen-bond donors (Lipinski definition) is 3. The Morgan fingerprint density at radius 2 is 1.88 bits per heavy atom. The predicted molar refractivity (Wildman–Crippen MR) is 137 cm³/mol. The van der Waals surface area contributed by atoms with Crippen LogP contribution in [0.5, 0.6) is 0 Å². The van der Waals surface area contributed by atoms with E-state index in [2.05, 4.69) is 20.7 Å². The van der Waals surface area contributed by atoms with Crippen LogP contribution in [0.1, 0.15) is 71.7 Å². The standard InChI is InChI=1S/C27H20ClF4N5O4/c1-12-14-5-7-19(16(14)4-3-15(12)26(40)41)35-25(39)21-9-20(34-23-10-22(27(30,31)32)36-37(21)23)24(38)33-11-13-2-6-18(29)17(28)8-13/h2-4,6,8-10,19H,5,7,11H2,1H3,(H,33,38)(H,35,39)(H,40,41)/t19-/m0/s1. The molecule has 0 spiro atoms. The van der Waals surface area contributed by atoms with Gasteiger partial charge in [-0.3, -0.25) is 9.59 Å². The van der Waals surface area contributed by atoms with Crippen molar-refractivity contribution in [3.8, 4) is 0 Å². The van der Waals surface area contributed by atoms with Crippen molar-refractivity contribution in [3.63, 3.8) is 0 Å². The molecule has 2 aromatic heterocycles. The lowest BCUT2D eigenvalue weighted by Crippen LogP contribution is -2.30. The number of aromatic nitrogens is 3. The Bertz CT molecular complexity index is 1740. The third kappa shape index (κ3) is 5.44. The van der Waals surface area contributed by atoms with Crippen molar-refractivity contribution in [1.82, 2.24) is 25.2 Å². The van der Waals surface area contributed by atoms with Gasteiger partial charge < -0.3 is 15.7 Å². The van der Waals surface area contributed by atoms with Crippen molar-refractivity contribution in [1.29, 1.82) is 0 Å². The highest BCUT2D eigenvalue weighted by atomic mass is 35.5. The Balaban J connectivity index is 1.46. The molecule has 9 nitrogen and oxygen atoms in total. The maximum absolute atomic E-state index is 13.4. The van der Waals surface area contributed by atoms with Crippen molar-refractivity contribution in [3.05, 3.63) is 98.2 Å². The fourth-order valence-corrected chi connectivity index (χ4v) is 5.01. The first kappa shape index (κ1) is 28.0. The van der Waals surface area contributed by atoms with Crippen LogP contribution in [0.2, 0.25) is 5.02 Å². The van der Waals surface area contributed by atoms with E-state index in [4.69, 9.17) is 11.6 Å². The Labute approximate surface area is 234 Å². The number of nitrogens with one attached hydrogen (secondary N) is 2. The van der Waals surface area contributed by atoms with E-state index in [1.54, 1.807) is 13.0 Å². The summed E-state index contributed by atoms with van der Waals surface area (Å²) in [6, 6.07) is 7.94. The van der Waals surface area contributed by atoms with E-state index in [1.807, 2.05) is 0 Å². The lowest BCUT2D eigenvalue weighted by molar-refractivity contribution is -0.141. The van der Waals surface area contributed by atoms with Gasteiger partial charge in [-0.25, -0.2) is 18.7 Å². The average Bonchev–Trinajstić information content (AvgIpc) is 3.53. The summed E-state index contributed by atoms with van der Waals surface area (Å²) in [7, 11) is 0. The van der Waals surface area contributed by atoms with E-state index in [1.165, 1.54) is 18.2 Å². The third-order valence-electron chi connectivity index (χ3n) is 6.85. The quantitative estimate of drug-likeness (QED) is 0.275. The summed E-state index contributed by atoms with van der Waals surface area (Å²) in [4.78, 5) is 41.8. The minimum Gasteiger partial charge on any atom is -0.478 e. The number of benzene rings is 2. The molecule has 2 amide bonds. The summed E-state index contributed by atoms with van der Waals surface area (Å²) in [5.74, 6) is -3.34. The fraction of sp³-hybridized carbons (Fsp3) is 0.222. The zero-order chi connectivity index (χ0) is 29.6. The van der Waals surface area contributed by atoms with E-state index >= 15 is 0 Å². The highest BCUT2D eigenvalue weighted by Gasteiger charge is 2.36. The monoisotopic (exact) mass is 589 g/mol. The molecule has 2 aromatic carbocycles. The molecule has 4 aromatic rings. The fourth-order valence-electron chi connectivity index (χ4n) is 4.81. The Morgan fingerprint density at radius 3 is 2.56 bits per heavy atom. The molecule has 1 atom stereocenters. The van der Waals surface area contributed by atoms with Crippen LogP contribution in [0.15, 0.2) is 42.5 Å². The minimum atomic E-state index is -4.84. The highest BCUT2D eigenvalue weighted by Crippen LogP contribution is 2.35. The van der Waals surface area contributed by atoms with Gasteiger partial charge in [-0.2, -0.15) is 18.3 Å². The van der Waals surface area contributed by atoms with Crippen LogP contribution in [0.3, 0.4) is 0 Å². The number of nitrogens with zero attached hydrogens (tertiary/aromatic N) is 3. The van der Waals surface area contributed by atoms with Crippen molar-refractivity contribution >= 4 is 35.0 Å². The summed E-state index contributed by atoms with van der Waals surface area (Å²) in [5, 5.41) is 18.0. The molecular weight excluding hydrogens is 570 g/mol. The number of carbonyl (C=O) groups excluding carboxylic acids is 2. The summed E-state index contributed by atoms with van der Waals surface area (Å²) in [6.07, 6.45) is -3.92. The molecule has 0 saturated heterocycles. The summed E-state index contributed by atoms with van der Waals surface area (Å²) >= 11 is 5.77. The lowest BCUT2D eigenvalue weighted by Gasteiger charge is -2.16. The normalized spacial score (nSPS) is 14.6. The van der Waals surface area contributed by atoms with Crippen molar-refractivity contribution in [2.45, 2.75) is 38.5 Å². The molecule has 2 heterocycles. The smallest absolute Gasteiger partial charge is 0.435 e. The molecule has 14 heteroatoms. The largest absolute Gasteiger partial charge is 0.478 e. The molecule has 0 bridgehead atoms. The topological polar surface area (TPSA) is 126 Å². The van der Waals surface area contributed by atoms with Crippen LogP contribution >= 0.6 is 11.6 Å². The number of carboxylic acid groups (broad SMARTS) is 1. The van der Waals surface area contributed by atoms with Gasteiger partial charge in [0.05, 0.1) is 16.6 Å². The molecule has 0 radical (unpaired) electrons. The molecule has 0 saturated carbocycles. The van der Waals surface area contributed by atoms with E-state index in [-0.39, 0.29) is 34.2 Å². The first-order valence-electron chi connectivity index (χ1n) is 12.2. The number of aromatic carboxylic acids is 1. The van der Waals surface area contributed by atoms with Crippen LogP contribution in [-0.2, 0) is 19.1 Å². The van der Waals surface area contributed by atoms with E-state index in [0.29, 0.717) is 40.1 Å². The Kier molecular flexibility index (Phi) is 7.15. The zero-order valence-corrected chi connectivity index (χ0v) is 21.9. The summed E-state index contributed by atoms with van der Waals surface area (Å²) in [5.41, 5.74) is 0.227. The minimum absolute atomic E-state index is 0.100. The molecule has 1 aliphatic carbocycles. The first-order valence-corrected chi connectivity index (χ1v) is 12.6. The van der Waals surface area contributed by atoms with Gasteiger partial charge in [-0.05, 0) is 60.2 Å². The summed E-state index contributed by atoms with van der Waals surface area (Å²) < 4.78 is 54.5. The predicted octanol–water partition coefficient (Wildman–Crippen LogP) is 4.89. The summed E-state index contributed by atoms with van der Waals surface area (Å²) in [6.45, 7) is 1.57. The van der Waals surface area contributed by atoms with Gasteiger partial charge in [0.1, 0.15) is 17.2 Å². The Morgan fingerprint density at radius 1 is 1.12 bits per heavy atom. The molecule has 0 fully saturated rings. The van der Waals surface area contributed by atoms with Gasteiger partial charge in [0.15, 0.2) is 11.3 Å². The third-order valence-corrected chi connectivity index (χ3v) is 7.14. The molecule has 0 unspecified atom stereocenters. The van der Waals surface area contributed by atoms with Crippen LogP contribution in [-0.4, -0.2) is 37.5 Å². The molecule has 3 N–H and O–H groups in total. The van der Waals surface area contributed by atoms with Gasteiger partial charge in [0, 0.05) is 18.7 Å². The number of hydrogen-bond acceptors (Lipinski definition) is 5. The van der Waals surface area contributed by atoms with Crippen molar-refractivity contribution in [2.24, 2.45) is 0 Å². The maximum Gasteiger partial charge on any atom is 0.435 e. The van der Waals surface area contributed by atoms with Gasteiger partial charge >= 0.3 is 12.1 Å². The van der Waals surface area contributed by atoms with Gasteiger partial charge in [-0.15, -0.1) is 0 Å². The van der Waals surface area contributed by atoms with Crippen LogP contribution in [0, 0.1) is 12.7 Å². The van der Waals surface area contributed by atoms with Crippen LogP contribution in [0.25, 0.3) is 5.65 Å². The van der Waals surface area contributed by atoms with E-state index < -0.39 is 41.5 Å². The van der Waals surface area contributed by atoms with E-state index in [0.717, 1.165) is 17.7 Å². The molecule has 0 aliphatic heterocycles. The van der Waals surface area contributed by atoms with Crippen LogP contribution < -0.4 is 10.6 Å². The second-order valence-electron chi connectivity index (χ2n) is 9.43. The number of carboxylic acids is 1. The van der Waals surface area contributed by atoms with Gasteiger partial charge in [0.2, 0.25) is 0 Å².